The molecule has 4 heteroatoms. The van der Waals surface area contributed by atoms with E-state index in [2.05, 4.69) is 0 Å². The summed E-state index contributed by atoms with van der Waals surface area (Å²) in [5, 5.41) is 0. The summed E-state index contributed by atoms with van der Waals surface area (Å²) >= 11 is 0. The lowest BCUT2D eigenvalue weighted by Gasteiger charge is -2.41. The van der Waals surface area contributed by atoms with Gasteiger partial charge in [-0.15, -0.1) is 0 Å². The predicted octanol–water partition coefficient (Wildman–Crippen LogP) is 3.05. The summed E-state index contributed by atoms with van der Waals surface area (Å²) in [7, 11) is 3.19. The van der Waals surface area contributed by atoms with E-state index < -0.39 is 0 Å². The number of benzene rings is 1. The van der Waals surface area contributed by atoms with Gasteiger partial charge in [0.1, 0.15) is 0 Å². The van der Waals surface area contributed by atoms with Gasteiger partial charge in [-0.3, -0.25) is 0 Å². The maximum atomic E-state index is 14.2. The molecule has 0 bridgehead atoms. The Morgan fingerprint density at radius 1 is 1.25 bits per heavy atom. The number of ether oxygens (including phenoxy) is 2. The first-order chi connectivity index (χ1) is 9.63. The number of halogens is 1. The molecule has 0 aromatic heterocycles. The van der Waals surface area contributed by atoms with E-state index in [0.717, 1.165) is 25.7 Å². The molecule has 1 aromatic rings. The zero-order valence-electron chi connectivity index (χ0n) is 12.3. The van der Waals surface area contributed by atoms with Crippen LogP contribution < -0.4 is 10.5 Å². The molecule has 2 rings (SSSR count). The molecule has 1 aromatic carbocycles. The largest absolute Gasteiger partial charge is 0.494 e. The van der Waals surface area contributed by atoms with Crippen LogP contribution in [0.25, 0.3) is 0 Å². The Bertz CT molecular complexity index is 444. The van der Waals surface area contributed by atoms with E-state index in [0.29, 0.717) is 12.0 Å². The topological polar surface area (TPSA) is 44.5 Å². The van der Waals surface area contributed by atoms with Crippen molar-refractivity contribution in [2.45, 2.75) is 50.2 Å². The van der Waals surface area contributed by atoms with Gasteiger partial charge in [0.15, 0.2) is 11.6 Å². The molecule has 1 aliphatic carbocycles. The number of hydrogen-bond donors (Lipinski definition) is 1. The Balaban J connectivity index is 2.16. The highest BCUT2D eigenvalue weighted by Crippen LogP contribution is 2.35. The van der Waals surface area contributed by atoms with E-state index in [1.807, 2.05) is 0 Å². The standard InChI is InChI=1S/C16H24FNO2/c1-19-13-8-6-7-12(15(13)17)11-14(18)16(20-2)9-4-3-5-10-16/h6-8,14H,3-5,9-11,18H2,1-2H3. The van der Waals surface area contributed by atoms with E-state index in [1.54, 1.807) is 25.3 Å². The molecule has 1 fully saturated rings. The SMILES string of the molecule is COc1cccc(CC(N)C2(OC)CCCCC2)c1F. The van der Waals surface area contributed by atoms with Crippen LogP contribution in [0.1, 0.15) is 37.7 Å². The molecule has 0 radical (unpaired) electrons. The first-order valence-corrected chi connectivity index (χ1v) is 7.25. The van der Waals surface area contributed by atoms with Crippen LogP contribution in [-0.4, -0.2) is 25.9 Å². The molecule has 1 atom stereocenters. The van der Waals surface area contributed by atoms with Gasteiger partial charge in [-0.1, -0.05) is 31.4 Å². The van der Waals surface area contributed by atoms with Gasteiger partial charge in [0.2, 0.25) is 0 Å². The molecule has 3 nitrogen and oxygen atoms in total. The maximum Gasteiger partial charge on any atom is 0.168 e. The summed E-state index contributed by atoms with van der Waals surface area (Å²) in [5.74, 6) is -0.0441. The lowest BCUT2D eigenvalue weighted by Crippen LogP contribution is -2.52. The molecule has 112 valence electrons. The number of rotatable bonds is 5. The van der Waals surface area contributed by atoms with Crippen molar-refractivity contribution in [1.82, 2.24) is 0 Å². The van der Waals surface area contributed by atoms with Crippen molar-refractivity contribution in [3.8, 4) is 5.75 Å². The molecule has 1 unspecified atom stereocenters. The van der Waals surface area contributed by atoms with E-state index >= 15 is 0 Å². The Morgan fingerprint density at radius 3 is 2.55 bits per heavy atom. The number of methoxy groups -OCH3 is 2. The quantitative estimate of drug-likeness (QED) is 0.902. The minimum Gasteiger partial charge on any atom is -0.494 e. The normalized spacial score (nSPS) is 19.6. The summed E-state index contributed by atoms with van der Waals surface area (Å²) in [6.07, 6.45) is 5.86. The summed E-state index contributed by atoms with van der Waals surface area (Å²) < 4.78 is 25.0. The first-order valence-electron chi connectivity index (χ1n) is 7.25. The van der Waals surface area contributed by atoms with Crippen molar-refractivity contribution in [2.75, 3.05) is 14.2 Å². The Labute approximate surface area is 120 Å². The van der Waals surface area contributed by atoms with Crippen LogP contribution in [0, 0.1) is 5.82 Å². The van der Waals surface area contributed by atoms with Crippen LogP contribution in [0.2, 0.25) is 0 Å². The van der Waals surface area contributed by atoms with Crippen LogP contribution in [0.3, 0.4) is 0 Å². The smallest absolute Gasteiger partial charge is 0.168 e. The van der Waals surface area contributed by atoms with Crippen molar-refractivity contribution < 1.29 is 13.9 Å². The molecule has 0 aliphatic heterocycles. The van der Waals surface area contributed by atoms with Crippen molar-refractivity contribution in [2.24, 2.45) is 5.73 Å². The number of nitrogens with two attached hydrogens (primary N) is 1. The van der Waals surface area contributed by atoms with Crippen molar-refractivity contribution in [3.05, 3.63) is 29.6 Å². The second kappa shape index (κ2) is 6.55. The van der Waals surface area contributed by atoms with Crippen LogP contribution in [0.15, 0.2) is 18.2 Å². The van der Waals surface area contributed by atoms with Gasteiger partial charge in [0, 0.05) is 13.2 Å². The molecule has 1 saturated carbocycles. The van der Waals surface area contributed by atoms with Crippen molar-refractivity contribution in [3.63, 3.8) is 0 Å². The van der Waals surface area contributed by atoms with Crippen molar-refractivity contribution in [1.29, 1.82) is 0 Å². The first kappa shape index (κ1) is 15.3. The van der Waals surface area contributed by atoms with Gasteiger partial charge in [0.05, 0.1) is 12.7 Å². The fraction of sp³-hybridized carbons (Fsp3) is 0.625. The molecule has 0 amide bonds. The van der Waals surface area contributed by atoms with Crippen LogP contribution in [0.4, 0.5) is 4.39 Å². The lowest BCUT2D eigenvalue weighted by molar-refractivity contribution is -0.0584. The second-order valence-electron chi connectivity index (χ2n) is 5.57. The van der Waals surface area contributed by atoms with E-state index in [1.165, 1.54) is 13.5 Å². The van der Waals surface area contributed by atoms with E-state index in [4.69, 9.17) is 15.2 Å². The number of hydrogen-bond acceptors (Lipinski definition) is 3. The highest BCUT2D eigenvalue weighted by Gasteiger charge is 2.38. The van der Waals surface area contributed by atoms with Gasteiger partial charge in [-0.25, -0.2) is 4.39 Å². The second-order valence-corrected chi connectivity index (χ2v) is 5.57. The zero-order chi connectivity index (χ0) is 14.6. The van der Waals surface area contributed by atoms with E-state index in [-0.39, 0.29) is 23.2 Å². The van der Waals surface area contributed by atoms with Crippen LogP contribution in [-0.2, 0) is 11.2 Å². The van der Waals surface area contributed by atoms with Crippen LogP contribution >= 0.6 is 0 Å². The third-order valence-corrected chi connectivity index (χ3v) is 4.49. The third kappa shape index (κ3) is 2.96. The highest BCUT2D eigenvalue weighted by molar-refractivity contribution is 5.31. The van der Waals surface area contributed by atoms with Gasteiger partial charge < -0.3 is 15.2 Å². The summed E-state index contributed by atoms with van der Waals surface area (Å²) in [5.41, 5.74) is 6.64. The Kier molecular flexibility index (Phi) is 5.00. The summed E-state index contributed by atoms with van der Waals surface area (Å²) in [6.45, 7) is 0. The molecule has 2 N–H and O–H groups in total. The minimum atomic E-state index is -0.312. The highest BCUT2D eigenvalue weighted by atomic mass is 19.1. The van der Waals surface area contributed by atoms with Gasteiger partial charge in [0.25, 0.3) is 0 Å². The molecule has 20 heavy (non-hydrogen) atoms. The maximum absolute atomic E-state index is 14.2. The summed E-state index contributed by atoms with van der Waals surface area (Å²) in [4.78, 5) is 0. The van der Waals surface area contributed by atoms with Crippen molar-refractivity contribution >= 4 is 0 Å². The fourth-order valence-electron chi connectivity index (χ4n) is 3.17. The molecular formula is C16H24FNO2. The summed E-state index contributed by atoms with van der Waals surface area (Å²) in [6, 6.07) is 4.99. The van der Waals surface area contributed by atoms with E-state index in [9.17, 15) is 4.39 Å². The molecule has 1 aliphatic rings. The Hall–Kier alpha value is -1.13. The van der Waals surface area contributed by atoms with Gasteiger partial charge in [-0.05, 0) is 30.9 Å². The van der Waals surface area contributed by atoms with Gasteiger partial charge >= 0.3 is 0 Å². The van der Waals surface area contributed by atoms with Gasteiger partial charge in [-0.2, -0.15) is 0 Å². The van der Waals surface area contributed by atoms with Crippen LogP contribution in [0.5, 0.6) is 5.75 Å². The molecule has 0 heterocycles. The third-order valence-electron chi connectivity index (χ3n) is 4.49. The average Bonchev–Trinajstić information content (AvgIpc) is 2.50. The predicted molar refractivity (Wildman–Crippen MR) is 77.5 cm³/mol. The fourth-order valence-corrected chi connectivity index (χ4v) is 3.17. The molecule has 0 spiro atoms. The molecule has 0 saturated heterocycles. The average molecular weight is 281 g/mol. The minimum absolute atomic E-state index is 0.200. The lowest BCUT2D eigenvalue weighted by atomic mass is 9.77. The molecular weight excluding hydrogens is 257 g/mol. The monoisotopic (exact) mass is 281 g/mol. The Morgan fingerprint density at radius 2 is 1.95 bits per heavy atom. The zero-order valence-corrected chi connectivity index (χ0v) is 12.3.